The number of para-hydroxylation sites is 3. The molecule has 6 rings (SSSR count). The van der Waals surface area contributed by atoms with Crippen molar-refractivity contribution in [3.05, 3.63) is 66.4 Å². The molecular weight excluding hydrogens is 374 g/mol. The summed E-state index contributed by atoms with van der Waals surface area (Å²) in [7, 11) is 0. The minimum Gasteiger partial charge on any atom is -0.487 e. The highest BCUT2D eigenvalue weighted by molar-refractivity contribution is 5.99. The van der Waals surface area contributed by atoms with Gasteiger partial charge in [-0.25, -0.2) is 0 Å². The predicted molar refractivity (Wildman–Crippen MR) is 116 cm³/mol. The summed E-state index contributed by atoms with van der Waals surface area (Å²) in [5, 5.41) is 1.14. The average molecular weight is 399 g/mol. The molecule has 2 atom stereocenters. The molecule has 5 heteroatoms. The smallest absolute Gasteiger partial charge is 0.244 e. The first-order valence-electron chi connectivity index (χ1n) is 10.9. The molecule has 2 aromatic carbocycles. The zero-order valence-corrected chi connectivity index (χ0v) is 16.9. The largest absolute Gasteiger partial charge is 0.487 e. The summed E-state index contributed by atoms with van der Waals surface area (Å²) in [6.45, 7) is 2.20. The van der Waals surface area contributed by atoms with Crippen molar-refractivity contribution in [2.24, 2.45) is 5.92 Å². The van der Waals surface area contributed by atoms with Crippen LogP contribution >= 0.6 is 0 Å². The fraction of sp³-hybridized carbons (Fsp3) is 0.360. The maximum atomic E-state index is 13.7. The van der Waals surface area contributed by atoms with E-state index in [1.54, 1.807) is 0 Å². The van der Waals surface area contributed by atoms with Gasteiger partial charge >= 0.3 is 0 Å². The van der Waals surface area contributed by atoms with Gasteiger partial charge in [-0.3, -0.25) is 14.7 Å². The van der Waals surface area contributed by atoms with Gasteiger partial charge in [0.25, 0.3) is 0 Å². The first kappa shape index (κ1) is 17.9. The van der Waals surface area contributed by atoms with E-state index in [0.29, 0.717) is 12.5 Å². The number of likely N-dealkylation sites (tertiary alicyclic amines) is 1. The van der Waals surface area contributed by atoms with Gasteiger partial charge in [0.15, 0.2) is 0 Å². The highest BCUT2D eigenvalue weighted by atomic mass is 16.5. The summed E-state index contributed by atoms with van der Waals surface area (Å²) in [5.41, 5.74) is 2.92. The van der Waals surface area contributed by atoms with E-state index in [0.717, 1.165) is 47.5 Å². The van der Waals surface area contributed by atoms with Crippen LogP contribution in [0.2, 0.25) is 0 Å². The van der Waals surface area contributed by atoms with E-state index in [2.05, 4.69) is 23.1 Å². The number of anilines is 1. The average Bonchev–Trinajstić information content (AvgIpc) is 3.50. The molecule has 1 amide bonds. The molecule has 2 fully saturated rings. The molecule has 0 radical (unpaired) electrons. The molecule has 1 saturated carbocycles. The quantitative estimate of drug-likeness (QED) is 0.665. The SMILES string of the molecule is O=C1C2CC(CN2Cc2ccc3ccccc3n2)Oc2ccccc2N1CC1CC1. The molecular formula is C25H25N3O2. The van der Waals surface area contributed by atoms with Gasteiger partial charge in [-0.15, -0.1) is 0 Å². The van der Waals surface area contributed by atoms with Gasteiger partial charge in [-0.2, -0.15) is 0 Å². The number of nitrogens with zero attached hydrogens (tertiary/aromatic N) is 3. The molecule has 5 nitrogen and oxygen atoms in total. The molecule has 1 saturated heterocycles. The fourth-order valence-electron chi connectivity index (χ4n) is 4.79. The van der Waals surface area contributed by atoms with Crippen molar-refractivity contribution < 1.29 is 9.53 Å². The number of aromatic nitrogens is 1. The highest BCUT2D eigenvalue weighted by Gasteiger charge is 2.43. The number of hydrogen-bond acceptors (Lipinski definition) is 4. The van der Waals surface area contributed by atoms with Gasteiger partial charge < -0.3 is 9.64 Å². The molecule has 1 aromatic heterocycles. The Bertz CT molecular complexity index is 1110. The summed E-state index contributed by atoms with van der Waals surface area (Å²) < 4.78 is 6.39. The second kappa shape index (κ2) is 7.10. The van der Waals surface area contributed by atoms with E-state index in [1.807, 2.05) is 47.4 Å². The third-order valence-corrected chi connectivity index (χ3v) is 6.52. The third-order valence-electron chi connectivity index (χ3n) is 6.52. The number of amides is 1. The third kappa shape index (κ3) is 3.23. The van der Waals surface area contributed by atoms with Crippen LogP contribution in [0.1, 0.15) is 25.0 Å². The van der Waals surface area contributed by atoms with Crippen molar-refractivity contribution in [2.45, 2.75) is 38.0 Å². The van der Waals surface area contributed by atoms with Crippen LogP contribution in [0.4, 0.5) is 5.69 Å². The van der Waals surface area contributed by atoms with Crippen LogP contribution in [0.15, 0.2) is 60.7 Å². The van der Waals surface area contributed by atoms with Crippen molar-refractivity contribution >= 4 is 22.5 Å². The summed E-state index contributed by atoms with van der Waals surface area (Å²) in [5.74, 6) is 1.66. The van der Waals surface area contributed by atoms with Gasteiger partial charge in [0, 0.05) is 31.4 Å². The lowest BCUT2D eigenvalue weighted by Crippen LogP contribution is -2.46. The minimum atomic E-state index is -0.157. The van der Waals surface area contributed by atoms with Crippen LogP contribution in [0, 0.1) is 5.92 Å². The van der Waals surface area contributed by atoms with Gasteiger partial charge in [-0.05, 0) is 43.0 Å². The Balaban J connectivity index is 1.31. The normalized spacial score (nSPS) is 23.7. The van der Waals surface area contributed by atoms with Crippen molar-refractivity contribution in [1.82, 2.24) is 9.88 Å². The van der Waals surface area contributed by atoms with E-state index in [1.165, 1.54) is 12.8 Å². The summed E-state index contributed by atoms with van der Waals surface area (Å²) in [6, 6.07) is 20.2. The number of rotatable bonds is 4. The van der Waals surface area contributed by atoms with Crippen LogP contribution < -0.4 is 9.64 Å². The lowest BCUT2D eigenvalue weighted by Gasteiger charge is -2.31. The summed E-state index contributed by atoms with van der Waals surface area (Å²) in [6.07, 6.45) is 3.20. The fourth-order valence-corrected chi connectivity index (χ4v) is 4.79. The summed E-state index contributed by atoms with van der Waals surface area (Å²) >= 11 is 0. The number of pyridine rings is 1. The van der Waals surface area contributed by atoms with Crippen LogP contribution in [0.3, 0.4) is 0 Å². The van der Waals surface area contributed by atoms with Crippen molar-refractivity contribution in [2.75, 3.05) is 18.0 Å². The summed E-state index contributed by atoms with van der Waals surface area (Å²) in [4.78, 5) is 22.8. The van der Waals surface area contributed by atoms with Gasteiger partial charge in [0.05, 0.1) is 22.9 Å². The Morgan fingerprint density at radius 3 is 2.73 bits per heavy atom. The Morgan fingerprint density at radius 1 is 1.00 bits per heavy atom. The first-order valence-corrected chi connectivity index (χ1v) is 10.9. The zero-order valence-electron chi connectivity index (χ0n) is 16.9. The molecule has 1 aliphatic carbocycles. The second-order valence-electron chi connectivity index (χ2n) is 8.78. The van der Waals surface area contributed by atoms with Crippen molar-refractivity contribution in [3.63, 3.8) is 0 Å². The Kier molecular flexibility index (Phi) is 4.23. The van der Waals surface area contributed by atoms with Gasteiger partial charge in [0.2, 0.25) is 5.91 Å². The zero-order chi connectivity index (χ0) is 20.1. The molecule has 152 valence electrons. The molecule has 30 heavy (non-hydrogen) atoms. The number of carbonyl (C=O) groups excluding carboxylic acids is 1. The topological polar surface area (TPSA) is 45.7 Å². The molecule has 3 aliphatic rings. The van der Waals surface area contributed by atoms with Gasteiger partial charge in [0.1, 0.15) is 11.9 Å². The number of carbonyl (C=O) groups is 1. The molecule has 3 heterocycles. The lowest BCUT2D eigenvalue weighted by atomic mass is 10.1. The standard InChI is InChI=1S/C25H25N3O2/c29-25-23-13-20(30-24-8-4-3-7-22(24)28(25)14-17-9-10-17)16-27(23)15-19-12-11-18-5-1-2-6-21(18)26-19/h1-8,11-12,17,20,23H,9-10,13-16H2. The van der Waals surface area contributed by atoms with Crippen LogP contribution in [0.5, 0.6) is 5.75 Å². The van der Waals surface area contributed by atoms with E-state index >= 15 is 0 Å². The second-order valence-corrected chi connectivity index (χ2v) is 8.78. The molecule has 3 aromatic rings. The Hall–Kier alpha value is -2.92. The Morgan fingerprint density at radius 2 is 1.83 bits per heavy atom. The minimum absolute atomic E-state index is 0.0311. The van der Waals surface area contributed by atoms with Crippen LogP contribution in [0.25, 0.3) is 10.9 Å². The van der Waals surface area contributed by atoms with Crippen molar-refractivity contribution in [1.29, 1.82) is 0 Å². The molecule has 0 spiro atoms. The maximum absolute atomic E-state index is 13.7. The van der Waals surface area contributed by atoms with E-state index in [4.69, 9.17) is 9.72 Å². The van der Waals surface area contributed by atoms with E-state index in [9.17, 15) is 4.79 Å². The van der Waals surface area contributed by atoms with E-state index in [-0.39, 0.29) is 18.1 Å². The lowest BCUT2D eigenvalue weighted by molar-refractivity contribution is -0.123. The predicted octanol–water partition coefficient (Wildman–Crippen LogP) is 4.01. The number of benzene rings is 2. The Labute approximate surface area is 176 Å². The molecule has 2 unspecified atom stereocenters. The monoisotopic (exact) mass is 399 g/mol. The van der Waals surface area contributed by atoms with E-state index < -0.39 is 0 Å². The number of hydrogen-bond donors (Lipinski definition) is 0. The first-order chi connectivity index (χ1) is 14.7. The molecule has 2 aliphatic heterocycles. The molecule has 2 bridgehead atoms. The number of ether oxygens (including phenoxy) is 1. The van der Waals surface area contributed by atoms with Gasteiger partial charge in [-0.1, -0.05) is 36.4 Å². The highest BCUT2D eigenvalue weighted by Crippen LogP contribution is 2.39. The molecule has 0 N–H and O–H groups in total. The van der Waals surface area contributed by atoms with Crippen molar-refractivity contribution in [3.8, 4) is 5.75 Å². The number of fused-ring (bicyclic) bond motifs is 4. The van der Waals surface area contributed by atoms with Crippen LogP contribution in [-0.4, -0.2) is 41.0 Å². The maximum Gasteiger partial charge on any atom is 0.244 e. The van der Waals surface area contributed by atoms with Crippen LogP contribution in [-0.2, 0) is 11.3 Å².